The second-order valence-corrected chi connectivity index (χ2v) is 6.57. The summed E-state index contributed by atoms with van der Waals surface area (Å²) >= 11 is 0. The van der Waals surface area contributed by atoms with Crippen LogP contribution in [-0.2, 0) is 6.54 Å². The average Bonchev–Trinajstić information content (AvgIpc) is 2.36. The zero-order chi connectivity index (χ0) is 15.2. The van der Waals surface area contributed by atoms with Crippen molar-refractivity contribution in [1.82, 2.24) is 15.2 Å². The summed E-state index contributed by atoms with van der Waals surface area (Å²) in [5.74, 6) is 0. The first-order chi connectivity index (χ1) is 9.36. The quantitative estimate of drug-likeness (QED) is 0.829. The summed E-state index contributed by atoms with van der Waals surface area (Å²) in [7, 11) is 0. The molecule has 0 aliphatic rings. The fraction of sp³-hybridized carbons (Fsp3) is 0.706. The maximum atomic E-state index is 4.61. The van der Waals surface area contributed by atoms with Crippen LogP contribution in [0.2, 0.25) is 0 Å². The average molecular weight is 277 g/mol. The van der Waals surface area contributed by atoms with Gasteiger partial charge in [-0.15, -0.1) is 0 Å². The van der Waals surface area contributed by atoms with Gasteiger partial charge in [-0.05, 0) is 37.6 Å². The first-order valence-corrected chi connectivity index (χ1v) is 7.75. The van der Waals surface area contributed by atoms with Gasteiger partial charge in [0.25, 0.3) is 0 Å². The number of hydrogen-bond acceptors (Lipinski definition) is 3. The summed E-state index contributed by atoms with van der Waals surface area (Å²) in [6, 6.07) is 6.76. The van der Waals surface area contributed by atoms with Crippen molar-refractivity contribution in [2.24, 2.45) is 5.41 Å². The van der Waals surface area contributed by atoms with Crippen LogP contribution in [0.5, 0.6) is 0 Å². The van der Waals surface area contributed by atoms with E-state index >= 15 is 0 Å². The predicted molar refractivity (Wildman–Crippen MR) is 86.8 cm³/mol. The Morgan fingerprint density at radius 1 is 1.25 bits per heavy atom. The lowest BCUT2D eigenvalue weighted by atomic mass is 9.86. The molecule has 3 heteroatoms. The molecule has 1 unspecified atom stereocenters. The van der Waals surface area contributed by atoms with Crippen LogP contribution in [0.15, 0.2) is 18.2 Å². The van der Waals surface area contributed by atoms with Gasteiger partial charge in [-0.3, -0.25) is 9.88 Å². The Hall–Kier alpha value is -0.930. The second kappa shape index (κ2) is 7.75. The van der Waals surface area contributed by atoms with Gasteiger partial charge in [0, 0.05) is 24.8 Å². The topological polar surface area (TPSA) is 28.2 Å². The van der Waals surface area contributed by atoms with Crippen LogP contribution in [0.25, 0.3) is 0 Å². The summed E-state index contributed by atoms with van der Waals surface area (Å²) in [6.07, 6.45) is 0. The van der Waals surface area contributed by atoms with Gasteiger partial charge in [0.05, 0.1) is 5.69 Å². The maximum Gasteiger partial charge on any atom is 0.0547 e. The molecule has 0 spiro atoms. The number of nitrogens with zero attached hydrogens (tertiary/aromatic N) is 2. The highest BCUT2D eigenvalue weighted by atomic mass is 15.2. The van der Waals surface area contributed by atoms with Gasteiger partial charge in [0.2, 0.25) is 0 Å². The molecule has 0 radical (unpaired) electrons. The Kier molecular flexibility index (Phi) is 6.63. The van der Waals surface area contributed by atoms with E-state index in [-0.39, 0.29) is 5.41 Å². The SMILES string of the molecule is CCNC(CN(CC)Cc1cccc(C)n1)C(C)(C)C. The van der Waals surface area contributed by atoms with Crippen LogP contribution in [-0.4, -0.2) is 35.6 Å². The zero-order valence-corrected chi connectivity index (χ0v) is 14.0. The summed E-state index contributed by atoms with van der Waals surface area (Å²) in [5.41, 5.74) is 2.53. The highest BCUT2D eigenvalue weighted by Crippen LogP contribution is 2.20. The molecule has 1 aromatic heterocycles. The molecule has 1 heterocycles. The van der Waals surface area contributed by atoms with Gasteiger partial charge in [-0.25, -0.2) is 0 Å². The fourth-order valence-corrected chi connectivity index (χ4v) is 2.37. The van der Waals surface area contributed by atoms with Crippen molar-refractivity contribution in [2.45, 2.75) is 54.1 Å². The Morgan fingerprint density at radius 2 is 1.95 bits per heavy atom. The van der Waals surface area contributed by atoms with E-state index in [0.717, 1.165) is 37.6 Å². The van der Waals surface area contributed by atoms with E-state index < -0.39 is 0 Å². The minimum absolute atomic E-state index is 0.267. The molecule has 0 saturated heterocycles. The van der Waals surface area contributed by atoms with Gasteiger partial charge >= 0.3 is 0 Å². The summed E-state index contributed by atoms with van der Waals surface area (Å²) in [6.45, 7) is 17.4. The predicted octanol–water partition coefficient (Wildman–Crippen LogP) is 3.24. The molecule has 0 amide bonds. The third-order valence-electron chi connectivity index (χ3n) is 3.72. The Morgan fingerprint density at radius 3 is 2.45 bits per heavy atom. The van der Waals surface area contributed by atoms with E-state index in [1.807, 2.05) is 0 Å². The van der Waals surface area contributed by atoms with E-state index in [0.29, 0.717) is 6.04 Å². The van der Waals surface area contributed by atoms with Crippen LogP contribution in [0, 0.1) is 12.3 Å². The first-order valence-electron chi connectivity index (χ1n) is 7.75. The van der Waals surface area contributed by atoms with Crippen molar-refractivity contribution in [3.63, 3.8) is 0 Å². The number of nitrogens with one attached hydrogen (secondary N) is 1. The summed E-state index contributed by atoms with van der Waals surface area (Å²) < 4.78 is 0. The molecule has 0 saturated carbocycles. The van der Waals surface area contributed by atoms with Crippen LogP contribution in [0.3, 0.4) is 0 Å². The van der Waals surface area contributed by atoms with E-state index in [1.54, 1.807) is 0 Å². The molecule has 0 aliphatic carbocycles. The van der Waals surface area contributed by atoms with Crippen LogP contribution in [0.1, 0.15) is 46.0 Å². The molecule has 1 rings (SSSR count). The van der Waals surface area contributed by atoms with Gasteiger partial charge in [0.15, 0.2) is 0 Å². The maximum absolute atomic E-state index is 4.61. The minimum Gasteiger partial charge on any atom is -0.312 e. The van der Waals surface area contributed by atoms with E-state index in [1.165, 1.54) is 0 Å². The number of likely N-dealkylation sites (N-methyl/N-ethyl adjacent to an activating group) is 2. The van der Waals surface area contributed by atoms with Crippen molar-refractivity contribution in [1.29, 1.82) is 0 Å². The van der Waals surface area contributed by atoms with E-state index in [2.05, 4.69) is 74.9 Å². The van der Waals surface area contributed by atoms with Crippen molar-refractivity contribution < 1.29 is 0 Å². The number of pyridine rings is 1. The largest absolute Gasteiger partial charge is 0.312 e. The van der Waals surface area contributed by atoms with Crippen LogP contribution >= 0.6 is 0 Å². The summed E-state index contributed by atoms with van der Waals surface area (Å²) in [5, 5.41) is 3.62. The Balaban J connectivity index is 2.70. The van der Waals surface area contributed by atoms with Crippen molar-refractivity contribution >= 4 is 0 Å². The smallest absolute Gasteiger partial charge is 0.0547 e. The van der Waals surface area contributed by atoms with Gasteiger partial charge in [-0.2, -0.15) is 0 Å². The summed E-state index contributed by atoms with van der Waals surface area (Å²) in [4.78, 5) is 7.09. The van der Waals surface area contributed by atoms with E-state index in [4.69, 9.17) is 0 Å². The van der Waals surface area contributed by atoms with Crippen LogP contribution < -0.4 is 5.32 Å². The normalized spacial score (nSPS) is 13.8. The first kappa shape index (κ1) is 17.1. The van der Waals surface area contributed by atoms with Crippen molar-refractivity contribution in [3.05, 3.63) is 29.6 Å². The molecule has 114 valence electrons. The molecule has 0 bridgehead atoms. The number of hydrogen-bond donors (Lipinski definition) is 1. The molecular weight excluding hydrogens is 246 g/mol. The van der Waals surface area contributed by atoms with Gasteiger partial charge in [0.1, 0.15) is 0 Å². The highest BCUT2D eigenvalue weighted by Gasteiger charge is 2.25. The fourth-order valence-electron chi connectivity index (χ4n) is 2.37. The lowest BCUT2D eigenvalue weighted by Gasteiger charge is -2.35. The molecule has 0 aliphatic heterocycles. The standard InChI is InChI=1S/C17H31N3/c1-7-18-16(17(4,5)6)13-20(8-2)12-15-11-9-10-14(3)19-15/h9-11,16,18H,7-8,12-13H2,1-6H3. The minimum atomic E-state index is 0.267. The van der Waals surface area contributed by atoms with E-state index in [9.17, 15) is 0 Å². The molecule has 3 nitrogen and oxygen atoms in total. The molecule has 1 aromatic rings. The van der Waals surface area contributed by atoms with Crippen molar-refractivity contribution in [3.8, 4) is 0 Å². The number of rotatable bonds is 7. The Bertz CT molecular complexity index is 395. The van der Waals surface area contributed by atoms with Gasteiger partial charge < -0.3 is 5.32 Å². The monoisotopic (exact) mass is 277 g/mol. The zero-order valence-electron chi connectivity index (χ0n) is 14.0. The molecule has 1 atom stereocenters. The molecule has 0 aromatic carbocycles. The molecule has 1 N–H and O–H groups in total. The number of aryl methyl sites for hydroxylation is 1. The van der Waals surface area contributed by atoms with Gasteiger partial charge in [-0.1, -0.05) is 40.7 Å². The van der Waals surface area contributed by atoms with Crippen molar-refractivity contribution in [2.75, 3.05) is 19.6 Å². The number of aromatic nitrogens is 1. The highest BCUT2D eigenvalue weighted by molar-refractivity contribution is 5.09. The molecule has 20 heavy (non-hydrogen) atoms. The third kappa shape index (κ3) is 5.59. The second-order valence-electron chi connectivity index (χ2n) is 6.57. The third-order valence-corrected chi connectivity index (χ3v) is 3.72. The lowest BCUT2D eigenvalue weighted by molar-refractivity contribution is 0.173. The molecule has 0 fully saturated rings. The van der Waals surface area contributed by atoms with Crippen LogP contribution in [0.4, 0.5) is 0 Å². The lowest BCUT2D eigenvalue weighted by Crippen LogP contribution is -2.48. The Labute approximate surface area is 124 Å². The molecular formula is C17H31N3.